The Morgan fingerprint density at radius 2 is 1.62 bits per heavy atom. The van der Waals surface area contributed by atoms with Crippen molar-refractivity contribution in [3.8, 4) is 0 Å². The van der Waals surface area contributed by atoms with Crippen LogP contribution in [0.4, 0.5) is 15.8 Å². The molecule has 32 heavy (non-hydrogen) atoms. The Labute approximate surface area is 189 Å². The zero-order chi connectivity index (χ0) is 22.5. The Morgan fingerprint density at radius 1 is 0.906 bits per heavy atom. The SMILES string of the molecule is O=C(Nc1cccc(F)c1)c1cccc(NC(=O)C2CCN(C(=O)c3cccs3)CC2)c1. The molecule has 0 unspecified atom stereocenters. The minimum Gasteiger partial charge on any atom is -0.338 e. The fourth-order valence-electron chi connectivity index (χ4n) is 3.65. The van der Waals surface area contributed by atoms with Crippen LogP contribution >= 0.6 is 11.3 Å². The second-order valence-corrected chi connectivity index (χ2v) is 8.53. The summed E-state index contributed by atoms with van der Waals surface area (Å²) in [5.41, 5.74) is 1.22. The molecular formula is C24H22FN3O3S. The summed E-state index contributed by atoms with van der Waals surface area (Å²) < 4.78 is 13.3. The lowest BCUT2D eigenvalue weighted by Crippen LogP contribution is -2.41. The molecule has 0 spiro atoms. The lowest BCUT2D eigenvalue weighted by atomic mass is 9.95. The largest absolute Gasteiger partial charge is 0.338 e. The predicted octanol–water partition coefficient (Wildman–Crippen LogP) is 4.63. The molecule has 0 radical (unpaired) electrons. The molecule has 8 heteroatoms. The molecule has 2 aromatic carbocycles. The van der Waals surface area contributed by atoms with E-state index in [-0.39, 0.29) is 17.7 Å². The molecule has 1 aromatic heterocycles. The second-order valence-electron chi connectivity index (χ2n) is 7.58. The van der Waals surface area contributed by atoms with Gasteiger partial charge in [-0.1, -0.05) is 18.2 Å². The molecular weight excluding hydrogens is 429 g/mol. The van der Waals surface area contributed by atoms with Crippen LogP contribution < -0.4 is 10.6 Å². The van der Waals surface area contributed by atoms with E-state index in [4.69, 9.17) is 0 Å². The van der Waals surface area contributed by atoms with E-state index >= 15 is 0 Å². The second kappa shape index (κ2) is 9.74. The number of carbonyl (C=O) groups is 3. The standard InChI is InChI=1S/C24H22FN3O3S/c25-18-5-2-7-20(15-18)27-23(30)17-4-1-6-19(14-17)26-22(29)16-9-11-28(12-10-16)24(31)21-8-3-13-32-21/h1-8,13-16H,9-12H2,(H,26,29)(H,27,30). The number of hydrogen-bond acceptors (Lipinski definition) is 4. The summed E-state index contributed by atoms with van der Waals surface area (Å²) in [5, 5.41) is 7.39. The number of likely N-dealkylation sites (tertiary alicyclic amines) is 1. The van der Waals surface area contributed by atoms with Gasteiger partial charge in [-0.3, -0.25) is 14.4 Å². The summed E-state index contributed by atoms with van der Waals surface area (Å²) in [5.74, 6) is -1.15. The number of anilines is 2. The normalized spacial score (nSPS) is 14.1. The van der Waals surface area contributed by atoms with Gasteiger partial charge in [0.05, 0.1) is 4.88 Å². The first-order valence-corrected chi connectivity index (χ1v) is 11.2. The van der Waals surface area contributed by atoms with Crippen molar-refractivity contribution in [1.29, 1.82) is 0 Å². The van der Waals surface area contributed by atoms with E-state index in [2.05, 4.69) is 10.6 Å². The smallest absolute Gasteiger partial charge is 0.263 e. The van der Waals surface area contributed by atoms with Crippen LogP contribution in [0, 0.1) is 11.7 Å². The number of carbonyl (C=O) groups excluding carboxylic acids is 3. The monoisotopic (exact) mass is 451 g/mol. The van der Waals surface area contributed by atoms with Crippen molar-refractivity contribution < 1.29 is 18.8 Å². The molecule has 0 atom stereocenters. The average Bonchev–Trinajstić information content (AvgIpc) is 3.34. The van der Waals surface area contributed by atoms with E-state index in [1.165, 1.54) is 29.5 Å². The zero-order valence-electron chi connectivity index (χ0n) is 17.2. The van der Waals surface area contributed by atoms with Gasteiger partial charge in [-0.2, -0.15) is 0 Å². The van der Waals surface area contributed by atoms with Gasteiger partial charge >= 0.3 is 0 Å². The van der Waals surface area contributed by atoms with E-state index in [1.807, 2.05) is 17.5 Å². The summed E-state index contributed by atoms with van der Waals surface area (Å²) >= 11 is 1.42. The summed E-state index contributed by atoms with van der Waals surface area (Å²) in [7, 11) is 0. The maximum absolute atomic E-state index is 13.3. The highest BCUT2D eigenvalue weighted by Gasteiger charge is 2.28. The Bertz CT molecular complexity index is 1130. The number of thiophene rings is 1. The number of amides is 3. The Balaban J connectivity index is 1.33. The van der Waals surface area contributed by atoms with Gasteiger partial charge in [0.25, 0.3) is 11.8 Å². The molecule has 1 aliphatic heterocycles. The highest BCUT2D eigenvalue weighted by Crippen LogP contribution is 2.23. The van der Waals surface area contributed by atoms with Gasteiger partial charge in [0.2, 0.25) is 5.91 Å². The van der Waals surface area contributed by atoms with E-state index < -0.39 is 11.7 Å². The third-order valence-corrected chi connectivity index (χ3v) is 6.22. The molecule has 1 aliphatic rings. The minimum absolute atomic E-state index is 0.0101. The fourth-order valence-corrected chi connectivity index (χ4v) is 4.34. The summed E-state index contributed by atoms with van der Waals surface area (Å²) in [6.07, 6.45) is 1.17. The number of halogens is 1. The van der Waals surface area contributed by atoms with Crippen molar-refractivity contribution in [2.24, 2.45) is 5.92 Å². The van der Waals surface area contributed by atoms with Crippen LogP contribution in [-0.2, 0) is 4.79 Å². The topological polar surface area (TPSA) is 78.5 Å². The predicted molar refractivity (Wildman–Crippen MR) is 122 cm³/mol. The zero-order valence-corrected chi connectivity index (χ0v) is 18.0. The lowest BCUT2D eigenvalue weighted by molar-refractivity contribution is -0.121. The van der Waals surface area contributed by atoms with Crippen molar-refractivity contribution in [3.05, 3.63) is 82.3 Å². The highest BCUT2D eigenvalue weighted by molar-refractivity contribution is 7.12. The maximum atomic E-state index is 13.3. The van der Waals surface area contributed by atoms with E-state index in [9.17, 15) is 18.8 Å². The Morgan fingerprint density at radius 3 is 2.31 bits per heavy atom. The van der Waals surface area contributed by atoms with Gasteiger partial charge in [0.15, 0.2) is 0 Å². The van der Waals surface area contributed by atoms with Crippen molar-refractivity contribution >= 4 is 40.4 Å². The van der Waals surface area contributed by atoms with Crippen molar-refractivity contribution in [1.82, 2.24) is 4.90 Å². The van der Waals surface area contributed by atoms with Crippen LogP contribution in [0.1, 0.15) is 32.9 Å². The third kappa shape index (κ3) is 5.20. The molecule has 3 aromatic rings. The molecule has 3 amide bonds. The molecule has 2 N–H and O–H groups in total. The van der Waals surface area contributed by atoms with Gasteiger partial charge in [0, 0.05) is 35.9 Å². The van der Waals surface area contributed by atoms with Gasteiger partial charge < -0.3 is 15.5 Å². The first-order chi connectivity index (χ1) is 15.5. The number of rotatable bonds is 5. The minimum atomic E-state index is -0.438. The number of nitrogens with zero attached hydrogens (tertiary/aromatic N) is 1. The molecule has 0 saturated carbocycles. The Hall–Kier alpha value is -3.52. The van der Waals surface area contributed by atoms with Gasteiger partial charge in [0.1, 0.15) is 5.82 Å². The maximum Gasteiger partial charge on any atom is 0.263 e. The van der Waals surface area contributed by atoms with Crippen LogP contribution in [0.2, 0.25) is 0 Å². The van der Waals surface area contributed by atoms with Crippen LogP contribution in [-0.4, -0.2) is 35.7 Å². The van der Waals surface area contributed by atoms with Crippen LogP contribution in [0.3, 0.4) is 0 Å². The summed E-state index contributed by atoms with van der Waals surface area (Å²) in [4.78, 5) is 40.2. The van der Waals surface area contributed by atoms with Crippen LogP contribution in [0.25, 0.3) is 0 Å². The molecule has 1 saturated heterocycles. The molecule has 4 rings (SSSR count). The van der Waals surface area contributed by atoms with Gasteiger partial charge in [-0.25, -0.2) is 4.39 Å². The third-order valence-electron chi connectivity index (χ3n) is 5.36. The average molecular weight is 452 g/mol. The van der Waals surface area contributed by atoms with Crippen molar-refractivity contribution in [2.75, 3.05) is 23.7 Å². The van der Waals surface area contributed by atoms with Crippen molar-refractivity contribution in [3.63, 3.8) is 0 Å². The van der Waals surface area contributed by atoms with Gasteiger partial charge in [-0.05, 0) is 60.7 Å². The molecule has 164 valence electrons. The van der Waals surface area contributed by atoms with E-state index in [0.717, 1.165) is 0 Å². The molecule has 0 aliphatic carbocycles. The Kier molecular flexibility index (Phi) is 6.61. The lowest BCUT2D eigenvalue weighted by Gasteiger charge is -2.31. The molecule has 1 fully saturated rings. The fraction of sp³-hybridized carbons (Fsp3) is 0.208. The molecule has 6 nitrogen and oxygen atoms in total. The van der Waals surface area contributed by atoms with E-state index in [0.29, 0.717) is 47.7 Å². The quantitative estimate of drug-likeness (QED) is 0.594. The van der Waals surface area contributed by atoms with Crippen LogP contribution in [0.15, 0.2) is 66.0 Å². The number of benzene rings is 2. The highest BCUT2D eigenvalue weighted by atomic mass is 32.1. The number of piperidine rings is 1. The van der Waals surface area contributed by atoms with Gasteiger partial charge in [-0.15, -0.1) is 11.3 Å². The van der Waals surface area contributed by atoms with Crippen LogP contribution in [0.5, 0.6) is 0 Å². The summed E-state index contributed by atoms with van der Waals surface area (Å²) in [6, 6.07) is 15.9. The summed E-state index contributed by atoms with van der Waals surface area (Å²) in [6.45, 7) is 1.07. The van der Waals surface area contributed by atoms with Crippen molar-refractivity contribution in [2.45, 2.75) is 12.8 Å². The number of nitrogens with one attached hydrogen (secondary N) is 2. The van der Waals surface area contributed by atoms with E-state index in [1.54, 1.807) is 35.2 Å². The molecule has 2 heterocycles. The first kappa shape index (κ1) is 21.7. The first-order valence-electron chi connectivity index (χ1n) is 10.3. The number of hydrogen-bond donors (Lipinski definition) is 2. The molecule has 0 bridgehead atoms.